The molecule has 0 aromatic heterocycles. The Morgan fingerprint density at radius 3 is 2.79 bits per heavy atom. The highest BCUT2D eigenvalue weighted by atomic mass is 32.2. The molecular weight excluding hydrogens is 340 g/mol. The van der Waals surface area contributed by atoms with E-state index >= 15 is 0 Å². The van der Waals surface area contributed by atoms with Crippen molar-refractivity contribution in [3.63, 3.8) is 0 Å². The summed E-state index contributed by atoms with van der Waals surface area (Å²) in [6.07, 6.45) is 0.643. The van der Waals surface area contributed by atoms with Crippen molar-refractivity contribution in [1.82, 2.24) is 4.72 Å². The number of amides is 1. The molecule has 0 saturated heterocycles. The van der Waals surface area contributed by atoms with E-state index in [4.69, 9.17) is 14.6 Å². The molecule has 24 heavy (non-hydrogen) atoms. The van der Waals surface area contributed by atoms with Gasteiger partial charge in [0.05, 0.1) is 12.8 Å². The summed E-state index contributed by atoms with van der Waals surface area (Å²) in [7, 11) is -2.89. The van der Waals surface area contributed by atoms with Crippen LogP contribution in [-0.2, 0) is 19.6 Å². The van der Waals surface area contributed by atoms with Crippen molar-refractivity contribution in [2.75, 3.05) is 19.0 Å². The number of rotatable bonds is 7. The van der Waals surface area contributed by atoms with Crippen molar-refractivity contribution in [1.29, 1.82) is 0 Å². The number of sulfonamides is 1. The van der Waals surface area contributed by atoms with Crippen molar-refractivity contribution < 1.29 is 32.6 Å². The predicted octanol–water partition coefficient (Wildman–Crippen LogP) is 0.558. The lowest BCUT2D eigenvalue weighted by Gasteiger charge is -2.21. The maximum atomic E-state index is 12.6. The first-order valence-corrected chi connectivity index (χ1v) is 8.66. The summed E-state index contributed by atoms with van der Waals surface area (Å²) < 4.78 is 37.5. The summed E-state index contributed by atoms with van der Waals surface area (Å²) in [5.74, 6) is -1.50. The van der Waals surface area contributed by atoms with Gasteiger partial charge < -0.3 is 19.9 Å². The lowest BCUT2D eigenvalue weighted by atomic mass is 10.2. The number of aliphatic carboxylic acids is 1. The second-order valence-corrected chi connectivity index (χ2v) is 6.82. The van der Waals surface area contributed by atoms with Gasteiger partial charge in [-0.05, 0) is 6.42 Å². The lowest BCUT2D eigenvalue weighted by molar-refractivity contribution is -0.139. The van der Waals surface area contributed by atoms with Crippen molar-refractivity contribution in [3.05, 3.63) is 12.1 Å². The van der Waals surface area contributed by atoms with Crippen LogP contribution in [-0.4, -0.2) is 45.2 Å². The van der Waals surface area contributed by atoms with E-state index in [0.29, 0.717) is 6.42 Å². The van der Waals surface area contributed by atoms with Crippen molar-refractivity contribution in [3.8, 4) is 11.5 Å². The van der Waals surface area contributed by atoms with Crippen LogP contribution in [0.25, 0.3) is 0 Å². The first kappa shape index (κ1) is 18.0. The fourth-order valence-corrected chi connectivity index (χ4v) is 3.62. The topological polar surface area (TPSA) is 131 Å². The smallest absolute Gasteiger partial charge is 0.321 e. The van der Waals surface area contributed by atoms with Gasteiger partial charge in [-0.1, -0.05) is 13.3 Å². The van der Waals surface area contributed by atoms with Crippen LogP contribution in [0, 0.1) is 0 Å². The van der Waals surface area contributed by atoms with Gasteiger partial charge in [0.2, 0.25) is 10.0 Å². The van der Waals surface area contributed by atoms with E-state index in [9.17, 15) is 18.0 Å². The number of hydrogen-bond donors (Lipinski definition) is 3. The largest absolute Gasteiger partial charge is 0.495 e. The van der Waals surface area contributed by atoms with Gasteiger partial charge in [-0.3, -0.25) is 9.59 Å². The van der Waals surface area contributed by atoms with Gasteiger partial charge >= 0.3 is 5.97 Å². The highest BCUT2D eigenvalue weighted by molar-refractivity contribution is 7.89. The Kier molecular flexibility index (Phi) is 5.30. The second-order valence-electron chi connectivity index (χ2n) is 5.14. The highest BCUT2D eigenvalue weighted by Crippen LogP contribution is 2.37. The van der Waals surface area contributed by atoms with Crippen LogP contribution in [0.4, 0.5) is 5.69 Å². The fourth-order valence-electron chi connectivity index (χ4n) is 2.23. The number of carbonyl (C=O) groups is 2. The van der Waals surface area contributed by atoms with E-state index < -0.39 is 22.0 Å². The molecule has 1 atom stereocenters. The third-order valence-electron chi connectivity index (χ3n) is 3.36. The number of carbonyl (C=O) groups excluding carboxylic acids is 1. The Morgan fingerprint density at radius 1 is 1.50 bits per heavy atom. The van der Waals surface area contributed by atoms with E-state index in [1.807, 2.05) is 0 Å². The third-order valence-corrected chi connectivity index (χ3v) is 4.85. The molecule has 0 fully saturated rings. The van der Waals surface area contributed by atoms with Crippen LogP contribution in [0.1, 0.15) is 19.8 Å². The Hall–Kier alpha value is -2.33. The zero-order chi connectivity index (χ0) is 17.9. The molecule has 10 heteroatoms. The molecular formula is C14H18N2O7S. The van der Waals surface area contributed by atoms with E-state index in [1.165, 1.54) is 19.2 Å². The van der Waals surface area contributed by atoms with Gasteiger partial charge in [0.25, 0.3) is 5.91 Å². The van der Waals surface area contributed by atoms with E-state index in [2.05, 4.69) is 10.0 Å². The van der Waals surface area contributed by atoms with E-state index in [-0.39, 0.29) is 41.0 Å². The molecule has 0 bridgehead atoms. The average Bonchev–Trinajstić information content (AvgIpc) is 2.52. The van der Waals surface area contributed by atoms with Gasteiger partial charge in [0, 0.05) is 12.1 Å². The highest BCUT2D eigenvalue weighted by Gasteiger charge is 2.29. The molecule has 0 aliphatic carbocycles. The average molecular weight is 358 g/mol. The fraction of sp³-hybridized carbons (Fsp3) is 0.429. The van der Waals surface area contributed by atoms with Crippen molar-refractivity contribution in [2.24, 2.45) is 0 Å². The van der Waals surface area contributed by atoms with Gasteiger partial charge in [-0.2, -0.15) is 4.72 Å². The van der Waals surface area contributed by atoms with E-state index in [1.54, 1.807) is 6.92 Å². The summed E-state index contributed by atoms with van der Waals surface area (Å²) in [4.78, 5) is 22.3. The monoisotopic (exact) mass is 358 g/mol. The van der Waals surface area contributed by atoms with E-state index in [0.717, 1.165) is 0 Å². The maximum Gasteiger partial charge on any atom is 0.321 e. The van der Waals surface area contributed by atoms with Crippen LogP contribution in [0.15, 0.2) is 17.0 Å². The molecule has 0 radical (unpaired) electrons. The molecule has 1 aliphatic rings. The number of methoxy groups -OCH3 is 1. The van der Waals surface area contributed by atoms with Crippen molar-refractivity contribution >= 4 is 27.6 Å². The SMILES string of the molecule is CCCC(NS(=O)(=O)c1cc2c(cc1OC)NC(=O)CO2)C(=O)O. The minimum atomic E-state index is -4.17. The van der Waals surface area contributed by atoms with Crippen LogP contribution >= 0.6 is 0 Å². The molecule has 0 spiro atoms. The van der Waals surface area contributed by atoms with Crippen LogP contribution < -0.4 is 19.5 Å². The maximum absolute atomic E-state index is 12.6. The molecule has 0 saturated carbocycles. The second kappa shape index (κ2) is 7.05. The zero-order valence-electron chi connectivity index (χ0n) is 13.2. The van der Waals surface area contributed by atoms with Crippen molar-refractivity contribution in [2.45, 2.75) is 30.7 Å². The number of carboxylic acid groups (broad SMARTS) is 1. The number of fused-ring (bicyclic) bond motifs is 1. The Labute approximate surface area is 139 Å². The molecule has 1 aromatic rings. The molecule has 9 nitrogen and oxygen atoms in total. The first-order chi connectivity index (χ1) is 11.3. The Balaban J connectivity index is 2.42. The molecule has 1 aromatic carbocycles. The van der Waals surface area contributed by atoms with Gasteiger partial charge in [-0.25, -0.2) is 8.42 Å². The minimum absolute atomic E-state index is 0.0345. The number of nitrogens with one attached hydrogen (secondary N) is 2. The molecule has 1 aliphatic heterocycles. The first-order valence-electron chi connectivity index (χ1n) is 7.18. The normalized spacial score (nSPS) is 15.0. The number of ether oxygens (including phenoxy) is 2. The standard InChI is InChI=1S/C14H18N2O7S/c1-3-4-8(14(18)19)16-24(20,21)12-6-10-9(5-11(12)22-2)15-13(17)7-23-10/h5-6,8,16H,3-4,7H2,1-2H3,(H,15,17)(H,18,19). The predicted molar refractivity (Wildman–Crippen MR) is 83.8 cm³/mol. The number of anilines is 1. The molecule has 1 unspecified atom stereocenters. The molecule has 2 rings (SSSR count). The summed E-state index contributed by atoms with van der Waals surface area (Å²) in [5, 5.41) is 11.7. The Bertz CT molecular complexity index is 761. The quantitative estimate of drug-likeness (QED) is 0.649. The van der Waals surface area contributed by atoms with Gasteiger partial charge in [0.1, 0.15) is 22.4 Å². The zero-order valence-corrected chi connectivity index (χ0v) is 14.0. The molecule has 1 amide bonds. The summed E-state index contributed by atoms with van der Waals surface area (Å²) >= 11 is 0. The summed E-state index contributed by atoms with van der Waals surface area (Å²) in [5.41, 5.74) is 0.283. The summed E-state index contributed by atoms with van der Waals surface area (Å²) in [6, 6.07) is 1.26. The lowest BCUT2D eigenvalue weighted by Crippen LogP contribution is -2.40. The summed E-state index contributed by atoms with van der Waals surface area (Å²) in [6.45, 7) is 1.51. The van der Waals surface area contributed by atoms with Gasteiger partial charge in [-0.15, -0.1) is 0 Å². The third kappa shape index (κ3) is 3.77. The number of carboxylic acids is 1. The number of hydrogen-bond acceptors (Lipinski definition) is 6. The Morgan fingerprint density at radius 2 is 2.21 bits per heavy atom. The molecule has 132 valence electrons. The van der Waals surface area contributed by atoms with Crippen LogP contribution in [0.5, 0.6) is 11.5 Å². The van der Waals surface area contributed by atoms with Gasteiger partial charge in [0.15, 0.2) is 6.61 Å². The molecule has 1 heterocycles. The van der Waals surface area contributed by atoms with Crippen LogP contribution in [0.2, 0.25) is 0 Å². The molecule has 3 N–H and O–H groups in total. The minimum Gasteiger partial charge on any atom is -0.495 e. The van der Waals surface area contributed by atoms with Crippen LogP contribution in [0.3, 0.4) is 0 Å². The number of benzene rings is 1.